The van der Waals surface area contributed by atoms with Crippen molar-refractivity contribution in [3.8, 4) is 0 Å². The number of aryl methyl sites for hydroxylation is 1. The molecule has 3 rings (SSSR count). The second kappa shape index (κ2) is 7.37. The quantitative estimate of drug-likeness (QED) is 0.560. The molecular weight excluding hydrogens is 356 g/mol. The van der Waals surface area contributed by atoms with Crippen molar-refractivity contribution in [3.63, 3.8) is 0 Å². The maximum absolute atomic E-state index is 12.5. The number of anilines is 1. The van der Waals surface area contributed by atoms with E-state index >= 15 is 0 Å². The summed E-state index contributed by atoms with van der Waals surface area (Å²) in [5.41, 5.74) is -0.802. The SMILES string of the molecule is Cc1cc(NC(=O)C(C)OC(=O)CCN2C(=O)NC3(CCCC3)C2=O)no1. The molecule has 1 unspecified atom stereocenters. The van der Waals surface area contributed by atoms with Crippen LogP contribution < -0.4 is 10.6 Å². The first kappa shape index (κ1) is 18.9. The van der Waals surface area contributed by atoms with Gasteiger partial charge in [-0.3, -0.25) is 19.3 Å². The van der Waals surface area contributed by atoms with E-state index in [4.69, 9.17) is 9.26 Å². The van der Waals surface area contributed by atoms with Crippen LogP contribution in [0.1, 0.15) is 44.8 Å². The molecule has 1 aromatic heterocycles. The fourth-order valence-corrected chi connectivity index (χ4v) is 3.36. The smallest absolute Gasteiger partial charge is 0.325 e. The molecule has 10 heteroatoms. The van der Waals surface area contributed by atoms with Crippen LogP contribution in [0, 0.1) is 6.92 Å². The van der Waals surface area contributed by atoms with E-state index < -0.39 is 29.6 Å². The molecule has 0 aromatic carbocycles. The van der Waals surface area contributed by atoms with Crippen LogP contribution in [0.5, 0.6) is 0 Å². The Kier molecular flexibility index (Phi) is 5.15. The number of carbonyl (C=O) groups is 4. The predicted octanol–water partition coefficient (Wildman–Crippen LogP) is 1.11. The summed E-state index contributed by atoms with van der Waals surface area (Å²) in [4.78, 5) is 49.6. The molecule has 1 saturated carbocycles. The van der Waals surface area contributed by atoms with Crippen molar-refractivity contribution in [1.82, 2.24) is 15.4 Å². The van der Waals surface area contributed by atoms with Gasteiger partial charge in [-0.15, -0.1) is 0 Å². The molecule has 0 radical (unpaired) electrons. The van der Waals surface area contributed by atoms with E-state index in [1.807, 2.05) is 0 Å². The van der Waals surface area contributed by atoms with E-state index in [2.05, 4.69) is 15.8 Å². The van der Waals surface area contributed by atoms with Crippen molar-refractivity contribution in [3.05, 3.63) is 11.8 Å². The third-order valence-electron chi connectivity index (χ3n) is 4.80. The Labute approximate surface area is 155 Å². The molecule has 1 spiro atoms. The summed E-state index contributed by atoms with van der Waals surface area (Å²) < 4.78 is 9.89. The first-order valence-electron chi connectivity index (χ1n) is 8.88. The van der Waals surface area contributed by atoms with Gasteiger partial charge in [-0.05, 0) is 26.7 Å². The van der Waals surface area contributed by atoms with Crippen LogP contribution in [0.25, 0.3) is 0 Å². The van der Waals surface area contributed by atoms with Gasteiger partial charge in [-0.2, -0.15) is 0 Å². The van der Waals surface area contributed by atoms with Crippen molar-refractivity contribution in [1.29, 1.82) is 0 Å². The molecule has 1 atom stereocenters. The molecule has 0 bridgehead atoms. The van der Waals surface area contributed by atoms with Crippen LogP contribution in [0.2, 0.25) is 0 Å². The van der Waals surface area contributed by atoms with Crippen molar-refractivity contribution in [2.75, 3.05) is 11.9 Å². The number of imide groups is 1. The van der Waals surface area contributed by atoms with Gasteiger partial charge < -0.3 is 19.9 Å². The normalized spacial score (nSPS) is 19.3. The minimum absolute atomic E-state index is 0.0813. The molecule has 2 heterocycles. The van der Waals surface area contributed by atoms with E-state index in [1.54, 1.807) is 6.92 Å². The minimum atomic E-state index is -1.06. The maximum Gasteiger partial charge on any atom is 0.325 e. The van der Waals surface area contributed by atoms with Crippen molar-refractivity contribution in [2.24, 2.45) is 0 Å². The Morgan fingerprint density at radius 2 is 2.11 bits per heavy atom. The van der Waals surface area contributed by atoms with E-state index in [0.717, 1.165) is 17.7 Å². The maximum atomic E-state index is 12.5. The zero-order valence-corrected chi connectivity index (χ0v) is 15.2. The predicted molar refractivity (Wildman–Crippen MR) is 91.5 cm³/mol. The third kappa shape index (κ3) is 3.93. The molecule has 2 N–H and O–H groups in total. The number of hydrogen-bond donors (Lipinski definition) is 2. The van der Waals surface area contributed by atoms with Crippen LogP contribution in [0.3, 0.4) is 0 Å². The summed E-state index contributed by atoms with van der Waals surface area (Å²) in [6, 6.07) is 1.05. The summed E-state index contributed by atoms with van der Waals surface area (Å²) in [6.45, 7) is 3.01. The molecule has 27 heavy (non-hydrogen) atoms. The minimum Gasteiger partial charge on any atom is -0.452 e. The highest BCUT2D eigenvalue weighted by Gasteiger charge is 2.52. The lowest BCUT2D eigenvalue weighted by molar-refractivity contribution is -0.153. The van der Waals surface area contributed by atoms with Crippen LogP contribution >= 0.6 is 0 Å². The first-order valence-corrected chi connectivity index (χ1v) is 8.88. The van der Waals surface area contributed by atoms with Crippen LogP contribution in [-0.2, 0) is 19.1 Å². The van der Waals surface area contributed by atoms with Gasteiger partial charge in [0, 0.05) is 12.6 Å². The number of rotatable bonds is 6. The standard InChI is InChI=1S/C17H22N4O6/c1-10-9-12(20-27-10)18-14(23)11(2)26-13(22)5-8-21-15(24)17(19-16(21)25)6-3-4-7-17/h9,11H,3-8H2,1-2H3,(H,19,25)(H,18,20,23). The van der Waals surface area contributed by atoms with Gasteiger partial charge in [0.15, 0.2) is 11.9 Å². The Hall–Kier alpha value is -2.91. The van der Waals surface area contributed by atoms with Crippen molar-refractivity contribution in [2.45, 2.75) is 57.6 Å². The van der Waals surface area contributed by atoms with E-state index in [-0.39, 0.29) is 24.7 Å². The summed E-state index contributed by atoms with van der Waals surface area (Å²) >= 11 is 0. The van der Waals surface area contributed by atoms with Gasteiger partial charge in [0.2, 0.25) is 0 Å². The average Bonchev–Trinajstić information content (AvgIpc) is 3.29. The van der Waals surface area contributed by atoms with Crippen LogP contribution in [-0.4, -0.2) is 52.1 Å². The molecule has 2 aliphatic rings. The Morgan fingerprint density at radius 1 is 1.41 bits per heavy atom. The molecule has 2 fully saturated rings. The van der Waals surface area contributed by atoms with Gasteiger partial charge in [0.25, 0.3) is 11.8 Å². The number of esters is 1. The van der Waals surface area contributed by atoms with E-state index in [1.165, 1.54) is 13.0 Å². The van der Waals surface area contributed by atoms with Gasteiger partial charge in [-0.1, -0.05) is 18.0 Å². The highest BCUT2D eigenvalue weighted by atomic mass is 16.5. The number of urea groups is 1. The number of aromatic nitrogens is 1. The van der Waals surface area contributed by atoms with Gasteiger partial charge in [-0.25, -0.2) is 4.79 Å². The largest absolute Gasteiger partial charge is 0.452 e. The van der Waals surface area contributed by atoms with E-state index in [0.29, 0.717) is 18.6 Å². The summed E-state index contributed by atoms with van der Waals surface area (Å²) in [7, 11) is 0. The lowest BCUT2D eigenvalue weighted by Crippen LogP contribution is -2.44. The first-order chi connectivity index (χ1) is 12.8. The van der Waals surface area contributed by atoms with Gasteiger partial charge in [0.05, 0.1) is 6.42 Å². The highest BCUT2D eigenvalue weighted by molar-refractivity contribution is 6.07. The van der Waals surface area contributed by atoms with Gasteiger partial charge >= 0.3 is 12.0 Å². The lowest BCUT2D eigenvalue weighted by atomic mass is 9.98. The second-order valence-electron chi connectivity index (χ2n) is 6.87. The summed E-state index contributed by atoms with van der Waals surface area (Å²) in [6.07, 6.45) is 1.78. The van der Waals surface area contributed by atoms with Gasteiger partial charge in [0.1, 0.15) is 11.3 Å². The Bertz CT molecular complexity index is 767. The number of carbonyl (C=O) groups excluding carboxylic acids is 4. The number of nitrogens with one attached hydrogen (secondary N) is 2. The summed E-state index contributed by atoms with van der Waals surface area (Å²) in [5, 5.41) is 8.83. The molecular formula is C17H22N4O6. The zero-order chi connectivity index (χ0) is 19.6. The molecule has 1 saturated heterocycles. The number of nitrogens with zero attached hydrogens (tertiary/aromatic N) is 2. The lowest BCUT2D eigenvalue weighted by Gasteiger charge is -2.20. The van der Waals surface area contributed by atoms with Crippen LogP contribution in [0.4, 0.5) is 10.6 Å². The Morgan fingerprint density at radius 3 is 2.74 bits per heavy atom. The monoisotopic (exact) mass is 378 g/mol. The molecule has 4 amide bonds. The topological polar surface area (TPSA) is 131 Å². The highest BCUT2D eigenvalue weighted by Crippen LogP contribution is 2.35. The fourth-order valence-electron chi connectivity index (χ4n) is 3.36. The molecule has 1 aliphatic heterocycles. The third-order valence-corrected chi connectivity index (χ3v) is 4.80. The average molecular weight is 378 g/mol. The fraction of sp³-hybridized carbons (Fsp3) is 0.588. The zero-order valence-electron chi connectivity index (χ0n) is 15.2. The second-order valence-corrected chi connectivity index (χ2v) is 6.87. The van der Waals surface area contributed by atoms with Crippen molar-refractivity contribution >= 4 is 29.6 Å². The number of ether oxygens (including phenoxy) is 1. The Balaban J connectivity index is 1.47. The number of hydrogen-bond acceptors (Lipinski definition) is 7. The van der Waals surface area contributed by atoms with E-state index in [9.17, 15) is 19.2 Å². The summed E-state index contributed by atoms with van der Waals surface area (Å²) in [5.74, 6) is -0.770. The molecule has 1 aromatic rings. The molecule has 10 nitrogen and oxygen atoms in total. The molecule has 1 aliphatic carbocycles. The number of amides is 4. The van der Waals surface area contributed by atoms with Crippen molar-refractivity contribution < 1.29 is 28.4 Å². The molecule has 146 valence electrons. The van der Waals surface area contributed by atoms with Crippen LogP contribution in [0.15, 0.2) is 10.6 Å².